The molecule has 2 unspecified atom stereocenters. The van der Waals surface area contributed by atoms with Gasteiger partial charge in [0.25, 0.3) is 0 Å². The fraction of sp³-hybridized carbons (Fsp3) is 0.600. The molecule has 0 heterocycles. The highest BCUT2D eigenvalue weighted by Crippen LogP contribution is 2.39. The summed E-state index contributed by atoms with van der Waals surface area (Å²) in [7, 11) is -3.64. The first kappa shape index (κ1) is 15.3. The molecule has 5 heteroatoms. The molecule has 0 bridgehead atoms. The van der Waals surface area contributed by atoms with Gasteiger partial charge in [0, 0.05) is 11.7 Å². The second-order valence-corrected chi connectivity index (χ2v) is 8.39. The van der Waals surface area contributed by atoms with E-state index in [1.165, 1.54) is 12.5 Å². The Kier molecular flexibility index (Phi) is 4.12. The van der Waals surface area contributed by atoms with Crippen LogP contribution in [0.3, 0.4) is 0 Å². The molecular weight excluding hydrogens is 272 g/mol. The number of primary sulfonamides is 1. The fourth-order valence-electron chi connectivity index (χ4n) is 3.45. The number of hydrogen-bond acceptors (Lipinski definition) is 3. The first-order chi connectivity index (χ1) is 9.16. The molecule has 0 saturated heterocycles. The van der Waals surface area contributed by atoms with Crippen molar-refractivity contribution in [3.8, 4) is 0 Å². The molecule has 0 radical (unpaired) electrons. The van der Waals surface area contributed by atoms with E-state index in [1.54, 1.807) is 12.1 Å². The Hall–Kier alpha value is -1.07. The molecule has 1 fully saturated rings. The molecule has 2 rings (SSSR count). The van der Waals surface area contributed by atoms with Crippen LogP contribution in [0.2, 0.25) is 0 Å². The smallest absolute Gasteiger partial charge is 0.238 e. The van der Waals surface area contributed by atoms with Gasteiger partial charge in [-0.25, -0.2) is 13.6 Å². The van der Waals surface area contributed by atoms with E-state index in [0.717, 1.165) is 18.5 Å². The third-order valence-electron chi connectivity index (χ3n) is 3.92. The molecule has 0 spiro atoms. The van der Waals surface area contributed by atoms with Crippen molar-refractivity contribution in [2.45, 2.75) is 51.0 Å². The molecule has 0 amide bonds. The molecule has 1 aliphatic carbocycles. The molecule has 20 heavy (non-hydrogen) atoms. The van der Waals surface area contributed by atoms with Crippen molar-refractivity contribution in [1.82, 2.24) is 0 Å². The normalized spacial score (nSPS) is 26.2. The molecule has 2 atom stereocenters. The highest BCUT2D eigenvalue weighted by molar-refractivity contribution is 7.89. The van der Waals surface area contributed by atoms with E-state index >= 15 is 0 Å². The molecule has 1 aromatic rings. The van der Waals surface area contributed by atoms with Crippen LogP contribution in [0.25, 0.3) is 0 Å². The van der Waals surface area contributed by atoms with Gasteiger partial charge in [0.15, 0.2) is 0 Å². The Morgan fingerprint density at radius 2 is 2.00 bits per heavy atom. The highest BCUT2D eigenvalue weighted by atomic mass is 32.2. The van der Waals surface area contributed by atoms with Crippen molar-refractivity contribution >= 4 is 15.7 Å². The van der Waals surface area contributed by atoms with Gasteiger partial charge in [-0.3, -0.25) is 0 Å². The minimum atomic E-state index is -3.64. The van der Waals surface area contributed by atoms with Crippen LogP contribution in [-0.2, 0) is 10.0 Å². The number of rotatable bonds is 3. The van der Waals surface area contributed by atoms with Crippen LogP contribution in [0.15, 0.2) is 29.2 Å². The minimum Gasteiger partial charge on any atom is -0.382 e. The Morgan fingerprint density at radius 3 is 2.60 bits per heavy atom. The lowest BCUT2D eigenvalue weighted by molar-refractivity contribution is 0.178. The van der Waals surface area contributed by atoms with Gasteiger partial charge in [0.1, 0.15) is 0 Å². The van der Waals surface area contributed by atoms with Gasteiger partial charge >= 0.3 is 0 Å². The van der Waals surface area contributed by atoms with E-state index in [1.807, 2.05) is 6.07 Å². The summed E-state index contributed by atoms with van der Waals surface area (Å²) in [5, 5.41) is 8.63. The van der Waals surface area contributed by atoms with Crippen LogP contribution in [0.4, 0.5) is 5.69 Å². The zero-order chi connectivity index (χ0) is 15.0. The van der Waals surface area contributed by atoms with Crippen molar-refractivity contribution in [1.29, 1.82) is 0 Å². The topological polar surface area (TPSA) is 72.2 Å². The molecule has 0 aromatic heterocycles. The lowest BCUT2D eigenvalue weighted by atomic mass is 9.70. The Balaban J connectivity index is 2.14. The largest absolute Gasteiger partial charge is 0.382 e. The number of hydrogen-bond donors (Lipinski definition) is 2. The third-order valence-corrected chi connectivity index (χ3v) is 4.83. The van der Waals surface area contributed by atoms with Gasteiger partial charge in [-0.05, 0) is 48.8 Å². The summed E-state index contributed by atoms with van der Waals surface area (Å²) >= 11 is 0. The van der Waals surface area contributed by atoms with Gasteiger partial charge in [-0.15, -0.1) is 0 Å². The summed E-state index contributed by atoms with van der Waals surface area (Å²) in [5.41, 5.74) is 1.15. The van der Waals surface area contributed by atoms with Gasteiger partial charge in [-0.1, -0.05) is 26.8 Å². The standard InChI is InChI=1S/C15H24N2O2S/c1-11-7-13(10-15(2,3)9-11)17-12-5-4-6-14(8-12)20(16,18)19/h4-6,8,11,13,17H,7,9-10H2,1-3H3,(H2,16,18,19). The second-order valence-electron chi connectivity index (χ2n) is 6.83. The first-order valence-corrected chi connectivity index (χ1v) is 8.60. The fourth-order valence-corrected chi connectivity index (χ4v) is 4.01. The summed E-state index contributed by atoms with van der Waals surface area (Å²) in [6.45, 7) is 6.85. The van der Waals surface area contributed by atoms with Crippen LogP contribution < -0.4 is 10.5 Å². The number of sulfonamides is 1. The monoisotopic (exact) mass is 296 g/mol. The quantitative estimate of drug-likeness (QED) is 0.900. The van der Waals surface area contributed by atoms with Gasteiger partial charge < -0.3 is 5.32 Å². The lowest BCUT2D eigenvalue weighted by Gasteiger charge is -2.39. The average molecular weight is 296 g/mol. The lowest BCUT2D eigenvalue weighted by Crippen LogP contribution is -2.35. The van der Waals surface area contributed by atoms with Crippen LogP contribution in [0.1, 0.15) is 40.0 Å². The predicted octanol–water partition coefficient (Wildman–Crippen LogP) is 2.96. The number of nitrogens with two attached hydrogens (primary N) is 1. The van der Waals surface area contributed by atoms with E-state index in [4.69, 9.17) is 5.14 Å². The highest BCUT2D eigenvalue weighted by Gasteiger charge is 2.31. The van der Waals surface area contributed by atoms with E-state index in [2.05, 4.69) is 26.1 Å². The molecule has 1 saturated carbocycles. The number of nitrogens with one attached hydrogen (secondary N) is 1. The first-order valence-electron chi connectivity index (χ1n) is 7.05. The molecule has 112 valence electrons. The zero-order valence-corrected chi connectivity index (χ0v) is 13.2. The van der Waals surface area contributed by atoms with Crippen molar-refractivity contribution in [3.05, 3.63) is 24.3 Å². The van der Waals surface area contributed by atoms with Crippen LogP contribution >= 0.6 is 0 Å². The Labute approximate surface area is 121 Å². The summed E-state index contributed by atoms with van der Waals surface area (Å²) in [6.07, 6.45) is 3.45. The van der Waals surface area contributed by atoms with Crippen molar-refractivity contribution < 1.29 is 8.42 Å². The van der Waals surface area contributed by atoms with Gasteiger partial charge in [-0.2, -0.15) is 0 Å². The van der Waals surface area contributed by atoms with E-state index < -0.39 is 10.0 Å². The molecule has 1 aromatic carbocycles. The van der Waals surface area contributed by atoms with E-state index in [9.17, 15) is 8.42 Å². The van der Waals surface area contributed by atoms with Gasteiger partial charge in [0.2, 0.25) is 10.0 Å². The SMILES string of the molecule is CC1CC(Nc2cccc(S(N)(=O)=O)c2)CC(C)(C)C1. The maximum atomic E-state index is 11.4. The maximum absolute atomic E-state index is 11.4. The number of benzene rings is 1. The van der Waals surface area contributed by atoms with Crippen molar-refractivity contribution in [2.75, 3.05) is 5.32 Å². The zero-order valence-electron chi connectivity index (χ0n) is 12.4. The van der Waals surface area contributed by atoms with Gasteiger partial charge in [0.05, 0.1) is 4.90 Å². The van der Waals surface area contributed by atoms with E-state index in [-0.39, 0.29) is 4.90 Å². The van der Waals surface area contributed by atoms with Crippen LogP contribution in [0, 0.1) is 11.3 Å². The minimum absolute atomic E-state index is 0.158. The van der Waals surface area contributed by atoms with Crippen LogP contribution in [0.5, 0.6) is 0 Å². The Morgan fingerprint density at radius 1 is 1.30 bits per heavy atom. The summed E-state index contributed by atoms with van der Waals surface area (Å²) in [5.74, 6) is 0.678. The Bertz CT molecular complexity index is 581. The molecule has 0 aliphatic heterocycles. The molecular formula is C15H24N2O2S. The summed E-state index contributed by atoms with van der Waals surface area (Å²) in [4.78, 5) is 0.158. The molecule has 3 N–H and O–H groups in total. The molecule has 1 aliphatic rings. The molecule has 4 nitrogen and oxygen atoms in total. The average Bonchev–Trinajstić information content (AvgIpc) is 2.25. The van der Waals surface area contributed by atoms with Crippen molar-refractivity contribution in [2.24, 2.45) is 16.5 Å². The summed E-state index contributed by atoms with van der Waals surface area (Å²) in [6, 6.07) is 7.13. The van der Waals surface area contributed by atoms with Crippen LogP contribution in [-0.4, -0.2) is 14.5 Å². The summed E-state index contributed by atoms with van der Waals surface area (Å²) < 4.78 is 22.8. The second kappa shape index (κ2) is 5.37. The third kappa shape index (κ3) is 3.96. The van der Waals surface area contributed by atoms with Crippen molar-refractivity contribution in [3.63, 3.8) is 0 Å². The predicted molar refractivity (Wildman–Crippen MR) is 82.0 cm³/mol. The number of anilines is 1. The van der Waals surface area contributed by atoms with E-state index in [0.29, 0.717) is 17.4 Å². The maximum Gasteiger partial charge on any atom is 0.238 e.